The molecule has 0 atom stereocenters. The number of rotatable bonds is 6. The molecule has 3 N–H and O–H groups in total. The number of benzene rings is 1. The summed E-state index contributed by atoms with van der Waals surface area (Å²) in [5, 5.41) is 18.7. The fourth-order valence-electron chi connectivity index (χ4n) is 3.03. The number of hydrogen-bond donors (Lipinski definition) is 2. The molecule has 0 bridgehead atoms. The van der Waals surface area contributed by atoms with Crippen LogP contribution in [0.3, 0.4) is 0 Å². The van der Waals surface area contributed by atoms with Crippen molar-refractivity contribution in [2.24, 2.45) is 5.14 Å². The first-order valence-corrected chi connectivity index (χ1v) is 9.97. The van der Waals surface area contributed by atoms with E-state index in [1.165, 1.54) is 28.2 Å². The van der Waals surface area contributed by atoms with Gasteiger partial charge in [-0.2, -0.15) is 5.26 Å². The van der Waals surface area contributed by atoms with Gasteiger partial charge in [0.25, 0.3) is 0 Å². The SMILES string of the molecule is C=CCN1CCc2sc(NC(=O)Cc3ccc(SN)cc3)c(C#N)c2C1. The van der Waals surface area contributed by atoms with Crippen molar-refractivity contribution >= 4 is 34.2 Å². The van der Waals surface area contributed by atoms with Crippen molar-refractivity contribution in [1.29, 1.82) is 5.26 Å². The maximum absolute atomic E-state index is 12.4. The molecule has 0 fully saturated rings. The van der Waals surface area contributed by atoms with Crippen LogP contribution in [0.4, 0.5) is 5.00 Å². The van der Waals surface area contributed by atoms with Gasteiger partial charge in [0.1, 0.15) is 11.1 Å². The van der Waals surface area contributed by atoms with Crippen molar-refractivity contribution in [2.75, 3.05) is 18.4 Å². The second-order valence-electron chi connectivity index (χ2n) is 6.08. The summed E-state index contributed by atoms with van der Waals surface area (Å²) < 4.78 is 0. The van der Waals surface area contributed by atoms with Crippen molar-refractivity contribution < 1.29 is 4.79 Å². The number of nitrogens with zero attached hydrogens (tertiary/aromatic N) is 2. The van der Waals surface area contributed by atoms with Crippen LogP contribution < -0.4 is 10.5 Å². The van der Waals surface area contributed by atoms with Crippen molar-refractivity contribution in [2.45, 2.75) is 24.3 Å². The molecule has 0 radical (unpaired) electrons. The Hall–Kier alpha value is -2.11. The number of thiophene rings is 1. The number of amides is 1. The second kappa shape index (κ2) is 8.52. The van der Waals surface area contributed by atoms with E-state index >= 15 is 0 Å². The third-order valence-electron chi connectivity index (χ3n) is 4.30. The van der Waals surface area contributed by atoms with Crippen LogP contribution in [0.5, 0.6) is 0 Å². The van der Waals surface area contributed by atoms with Crippen molar-refractivity contribution in [3.63, 3.8) is 0 Å². The summed E-state index contributed by atoms with van der Waals surface area (Å²) in [5.41, 5.74) is 2.56. The van der Waals surface area contributed by atoms with Crippen LogP contribution in [0.15, 0.2) is 41.8 Å². The number of anilines is 1. The largest absolute Gasteiger partial charge is 0.316 e. The molecule has 134 valence electrons. The molecule has 2 heterocycles. The van der Waals surface area contributed by atoms with E-state index in [4.69, 9.17) is 5.14 Å². The van der Waals surface area contributed by atoms with Gasteiger partial charge >= 0.3 is 0 Å². The first-order chi connectivity index (χ1) is 12.6. The number of fused-ring (bicyclic) bond motifs is 1. The number of nitrogens with one attached hydrogen (secondary N) is 1. The van der Waals surface area contributed by atoms with E-state index in [0.717, 1.165) is 42.1 Å². The second-order valence-corrected chi connectivity index (χ2v) is 7.89. The molecule has 1 aromatic heterocycles. The number of carbonyl (C=O) groups is 1. The number of nitriles is 1. The Kier molecular flexibility index (Phi) is 6.12. The lowest BCUT2D eigenvalue weighted by Crippen LogP contribution is -2.30. The van der Waals surface area contributed by atoms with Gasteiger partial charge in [-0.05, 0) is 36.1 Å². The Bertz CT molecular complexity index is 852. The molecule has 1 aromatic carbocycles. The summed E-state index contributed by atoms with van der Waals surface area (Å²) >= 11 is 2.70. The van der Waals surface area contributed by atoms with Crippen molar-refractivity contribution in [3.05, 3.63) is 58.5 Å². The van der Waals surface area contributed by atoms with Gasteiger partial charge < -0.3 is 5.32 Å². The summed E-state index contributed by atoms with van der Waals surface area (Å²) in [6.45, 7) is 6.26. The molecule has 2 aromatic rings. The molecule has 1 aliphatic rings. The maximum atomic E-state index is 12.4. The van der Waals surface area contributed by atoms with Gasteiger partial charge in [-0.1, -0.05) is 18.2 Å². The van der Waals surface area contributed by atoms with Crippen molar-refractivity contribution in [3.8, 4) is 6.07 Å². The molecule has 0 aliphatic carbocycles. The molecule has 0 saturated carbocycles. The first kappa shape index (κ1) is 18.7. The molecule has 5 nitrogen and oxygen atoms in total. The zero-order valence-electron chi connectivity index (χ0n) is 14.3. The van der Waals surface area contributed by atoms with Gasteiger partial charge in [0.15, 0.2) is 0 Å². The normalized spacial score (nSPS) is 13.7. The van der Waals surface area contributed by atoms with E-state index in [-0.39, 0.29) is 12.3 Å². The summed E-state index contributed by atoms with van der Waals surface area (Å²) in [7, 11) is 0. The summed E-state index contributed by atoms with van der Waals surface area (Å²) in [4.78, 5) is 16.8. The van der Waals surface area contributed by atoms with E-state index in [9.17, 15) is 10.1 Å². The fourth-order valence-corrected chi connectivity index (χ4v) is 4.49. The quantitative estimate of drug-likeness (QED) is 0.590. The minimum absolute atomic E-state index is 0.115. The number of nitrogens with two attached hydrogens (primary N) is 1. The van der Waals surface area contributed by atoms with Crippen LogP contribution in [0.1, 0.15) is 21.6 Å². The molecule has 1 amide bonds. The Labute approximate surface area is 161 Å². The lowest BCUT2D eigenvalue weighted by Gasteiger charge is -2.25. The van der Waals surface area contributed by atoms with Crippen LogP contribution in [-0.2, 0) is 24.2 Å². The highest BCUT2D eigenvalue weighted by Gasteiger charge is 2.24. The molecule has 3 rings (SSSR count). The van der Waals surface area contributed by atoms with E-state index < -0.39 is 0 Å². The van der Waals surface area contributed by atoms with Crippen LogP contribution >= 0.6 is 23.3 Å². The van der Waals surface area contributed by atoms with Gasteiger partial charge in [-0.15, -0.1) is 17.9 Å². The van der Waals surface area contributed by atoms with E-state index in [1.807, 2.05) is 30.3 Å². The zero-order chi connectivity index (χ0) is 18.5. The lowest BCUT2D eigenvalue weighted by molar-refractivity contribution is -0.115. The minimum Gasteiger partial charge on any atom is -0.316 e. The Morgan fingerprint density at radius 2 is 2.23 bits per heavy atom. The van der Waals surface area contributed by atoms with Crippen LogP contribution in [0.2, 0.25) is 0 Å². The average molecular weight is 385 g/mol. The highest BCUT2D eigenvalue weighted by Crippen LogP contribution is 2.36. The molecule has 26 heavy (non-hydrogen) atoms. The monoisotopic (exact) mass is 384 g/mol. The maximum Gasteiger partial charge on any atom is 0.229 e. The van der Waals surface area contributed by atoms with Gasteiger partial charge in [-0.25, -0.2) is 0 Å². The van der Waals surface area contributed by atoms with Crippen LogP contribution in [0, 0.1) is 11.3 Å². The highest BCUT2D eigenvalue weighted by molar-refractivity contribution is 7.97. The van der Waals surface area contributed by atoms with E-state index in [1.54, 1.807) is 0 Å². The van der Waals surface area contributed by atoms with Gasteiger partial charge in [0.05, 0.1) is 12.0 Å². The Balaban J connectivity index is 1.72. The molecular weight excluding hydrogens is 364 g/mol. The summed E-state index contributed by atoms with van der Waals surface area (Å²) in [6.07, 6.45) is 3.04. The Morgan fingerprint density at radius 3 is 2.88 bits per heavy atom. The smallest absolute Gasteiger partial charge is 0.229 e. The van der Waals surface area contributed by atoms with Crippen LogP contribution in [-0.4, -0.2) is 23.9 Å². The van der Waals surface area contributed by atoms with E-state index in [2.05, 4.69) is 22.9 Å². The standard InChI is InChI=1S/C19H20N4OS2/c1-2-8-23-9-7-17-16(12-23)15(11-20)19(25-17)22-18(24)10-13-3-5-14(26-21)6-4-13/h2-6H,1,7-10,12,21H2,(H,22,24). The summed E-state index contributed by atoms with van der Waals surface area (Å²) in [5.74, 6) is -0.115. The minimum atomic E-state index is -0.115. The van der Waals surface area contributed by atoms with Gasteiger partial charge in [-0.3, -0.25) is 14.8 Å². The molecular formula is C19H20N4OS2. The topological polar surface area (TPSA) is 82.2 Å². The predicted octanol–water partition coefficient (Wildman–Crippen LogP) is 3.31. The molecule has 0 unspecified atom stereocenters. The number of hydrogen-bond acceptors (Lipinski definition) is 6. The Morgan fingerprint density at radius 1 is 1.46 bits per heavy atom. The molecule has 0 saturated heterocycles. The lowest BCUT2D eigenvalue weighted by atomic mass is 10.0. The number of carbonyl (C=O) groups excluding carboxylic acids is 1. The summed E-state index contributed by atoms with van der Waals surface area (Å²) in [6, 6.07) is 9.86. The molecule has 7 heteroatoms. The van der Waals surface area contributed by atoms with Gasteiger partial charge in [0, 0.05) is 35.0 Å². The average Bonchev–Trinajstić information content (AvgIpc) is 2.98. The van der Waals surface area contributed by atoms with Crippen molar-refractivity contribution in [1.82, 2.24) is 4.90 Å². The fraction of sp³-hybridized carbons (Fsp3) is 0.263. The first-order valence-electron chi connectivity index (χ1n) is 8.28. The van der Waals surface area contributed by atoms with E-state index in [0.29, 0.717) is 10.6 Å². The predicted molar refractivity (Wildman–Crippen MR) is 107 cm³/mol. The molecule has 0 spiro atoms. The highest BCUT2D eigenvalue weighted by atomic mass is 32.2. The molecule has 1 aliphatic heterocycles. The van der Waals surface area contributed by atoms with Gasteiger partial charge in [0.2, 0.25) is 5.91 Å². The van der Waals surface area contributed by atoms with Crippen LogP contribution in [0.25, 0.3) is 0 Å². The third-order valence-corrected chi connectivity index (χ3v) is 6.06. The zero-order valence-corrected chi connectivity index (χ0v) is 16.0. The third kappa shape index (κ3) is 4.17.